The summed E-state index contributed by atoms with van der Waals surface area (Å²) in [5.74, 6) is -0.0912. The molecule has 3 rings (SSSR count). The molecule has 0 spiro atoms. The fourth-order valence-electron chi connectivity index (χ4n) is 2.86. The number of halogens is 2. The molecule has 0 aliphatic heterocycles. The summed E-state index contributed by atoms with van der Waals surface area (Å²) in [5, 5.41) is 3.23. The van der Waals surface area contributed by atoms with E-state index < -0.39 is 15.9 Å². The van der Waals surface area contributed by atoms with Crippen molar-refractivity contribution in [3.05, 3.63) is 82.1 Å². The minimum absolute atomic E-state index is 0.0743. The van der Waals surface area contributed by atoms with Crippen LogP contribution in [0.1, 0.15) is 20.7 Å². The summed E-state index contributed by atoms with van der Waals surface area (Å²) in [5.41, 5.74) is 0.722. The number of sulfonamides is 1. The number of pyridine rings is 1. The number of carbonyl (C=O) groups excluding carboxylic acids is 2. The first kappa shape index (κ1) is 26.6. The van der Waals surface area contributed by atoms with Crippen molar-refractivity contribution in [3.8, 4) is 5.75 Å². The molecule has 0 aliphatic rings. The maximum atomic E-state index is 12.5. The van der Waals surface area contributed by atoms with Gasteiger partial charge in [-0.2, -0.15) is 0 Å². The van der Waals surface area contributed by atoms with Crippen LogP contribution >= 0.6 is 23.2 Å². The van der Waals surface area contributed by atoms with Gasteiger partial charge in [0.15, 0.2) is 6.29 Å². The highest BCUT2D eigenvalue weighted by Crippen LogP contribution is 2.25. The molecule has 35 heavy (non-hydrogen) atoms. The Morgan fingerprint density at radius 1 is 1.06 bits per heavy atom. The normalized spacial score (nSPS) is 11.1. The van der Waals surface area contributed by atoms with E-state index in [9.17, 15) is 18.0 Å². The Morgan fingerprint density at radius 2 is 1.89 bits per heavy atom. The molecular formula is C23H21Cl2N3O6S. The lowest BCUT2D eigenvalue weighted by Gasteiger charge is -2.12. The summed E-state index contributed by atoms with van der Waals surface area (Å²) < 4.78 is 37.5. The minimum Gasteiger partial charge on any atom is -0.491 e. The second-order valence-electron chi connectivity index (χ2n) is 6.99. The molecule has 1 aromatic heterocycles. The molecule has 0 aliphatic carbocycles. The second kappa shape index (κ2) is 12.6. The summed E-state index contributed by atoms with van der Waals surface area (Å²) in [4.78, 5) is 27.9. The lowest BCUT2D eigenvalue weighted by Crippen LogP contribution is -2.28. The third kappa shape index (κ3) is 7.74. The van der Waals surface area contributed by atoms with Gasteiger partial charge in [-0.15, -0.1) is 0 Å². The molecule has 12 heteroatoms. The number of amides is 1. The fraction of sp³-hybridized carbons (Fsp3) is 0.174. The van der Waals surface area contributed by atoms with Crippen molar-refractivity contribution >= 4 is 51.1 Å². The number of nitrogens with one attached hydrogen (secondary N) is 2. The molecule has 1 amide bonds. The third-order valence-electron chi connectivity index (χ3n) is 4.55. The van der Waals surface area contributed by atoms with E-state index in [1.807, 2.05) is 0 Å². The average Bonchev–Trinajstić information content (AvgIpc) is 2.84. The van der Waals surface area contributed by atoms with Crippen LogP contribution in [0.25, 0.3) is 0 Å². The number of anilines is 1. The molecule has 9 nitrogen and oxygen atoms in total. The lowest BCUT2D eigenvalue weighted by molar-refractivity contribution is 0.102. The van der Waals surface area contributed by atoms with E-state index in [0.717, 1.165) is 0 Å². The van der Waals surface area contributed by atoms with Gasteiger partial charge in [-0.25, -0.2) is 13.1 Å². The number of aldehydes is 1. The van der Waals surface area contributed by atoms with Crippen LogP contribution in [0, 0.1) is 0 Å². The van der Waals surface area contributed by atoms with Crippen LogP contribution in [-0.4, -0.2) is 52.0 Å². The Hall–Kier alpha value is -3.02. The molecule has 0 saturated heterocycles. The second-order valence-corrected chi connectivity index (χ2v) is 9.60. The largest absolute Gasteiger partial charge is 0.491 e. The smallest absolute Gasteiger partial charge is 0.257 e. The molecule has 184 valence electrons. The highest BCUT2D eigenvalue weighted by atomic mass is 35.5. The van der Waals surface area contributed by atoms with Crippen LogP contribution in [0.15, 0.2) is 65.8 Å². The molecule has 0 saturated carbocycles. The number of carbonyl (C=O) groups is 2. The standard InChI is InChI=1S/C23H21Cl2N3O6S/c24-17-3-5-20(21(25)13-17)23(30)28-22-6-4-18(12-16(22)15-29)34-11-10-33-9-8-27-35(31,32)19-2-1-7-26-14-19/h1-7,12-15,27H,8-11H2,(H,28,30). The number of aromatic nitrogens is 1. The van der Waals surface area contributed by atoms with Crippen LogP contribution in [0.3, 0.4) is 0 Å². The maximum absolute atomic E-state index is 12.5. The molecule has 0 fully saturated rings. The molecule has 1 heterocycles. The van der Waals surface area contributed by atoms with Gasteiger partial charge in [0.2, 0.25) is 10.0 Å². The zero-order chi connectivity index (χ0) is 25.3. The summed E-state index contributed by atoms with van der Waals surface area (Å²) in [6.07, 6.45) is 3.34. The minimum atomic E-state index is -3.64. The molecule has 0 atom stereocenters. The van der Waals surface area contributed by atoms with Gasteiger partial charge < -0.3 is 14.8 Å². The predicted molar refractivity (Wildman–Crippen MR) is 132 cm³/mol. The number of rotatable bonds is 12. The Bertz CT molecular complexity index is 1290. The molecule has 0 unspecified atom stereocenters. The van der Waals surface area contributed by atoms with Crippen molar-refractivity contribution in [2.24, 2.45) is 0 Å². The molecule has 0 bridgehead atoms. The zero-order valence-electron chi connectivity index (χ0n) is 18.2. The van der Waals surface area contributed by atoms with Crippen molar-refractivity contribution in [3.63, 3.8) is 0 Å². The van der Waals surface area contributed by atoms with Gasteiger partial charge in [-0.1, -0.05) is 23.2 Å². The highest BCUT2D eigenvalue weighted by Gasteiger charge is 2.14. The van der Waals surface area contributed by atoms with E-state index in [4.69, 9.17) is 32.7 Å². The van der Waals surface area contributed by atoms with E-state index in [1.54, 1.807) is 6.07 Å². The van der Waals surface area contributed by atoms with Gasteiger partial charge in [0.05, 0.1) is 29.5 Å². The van der Waals surface area contributed by atoms with Crippen LogP contribution in [0.4, 0.5) is 5.69 Å². The Morgan fingerprint density at radius 3 is 2.60 bits per heavy atom. The summed E-state index contributed by atoms with van der Waals surface area (Å²) >= 11 is 11.9. The molecule has 0 radical (unpaired) electrons. The van der Waals surface area contributed by atoms with Gasteiger partial charge in [0.1, 0.15) is 17.3 Å². The predicted octanol–water partition coefficient (Wildman–Crippen LogP) is 3.83. The van der Waals surface area contributed by atoms with Gasteiger partial charge in [0, 0.05) is 29.5 Å². The Kier molecular flexibility index (Phi) is 9.58. The van der Waals surface area contributed by atoms with Crippen molar-refractivity contribution in [1.29, 1.82) is 0 Å². The molecular weight excluding hydrogens is 517 g/mol. The van der Waals surface area contributed by atoms with Crippen LogP contribution in [0.5, 0.6) is 5.75 Å². The monoisotopic (exact) mass is 537 g/mol. The highest BCUT2D eigenvalue weighted by molar-refractivity contribution is 7.89. The first-order valence-corrected chi connectivity index (χ1v) is 12.5. The number of benzene rings is 2. The zero-order valence-corrected chi connectivity index (χ0v) is 20.6. The van der Waals surface area contributed by atoms with E-state index in [-0.39, 0.29) is 47.4 Å². The molecule has 2 aromatic carbocycles. The molecule has 2 N–H and O–H groups in total. The quantitative estimate of drug-likeness (QED) is 0.265. The average molecular weight is 538 g/mol. The van der Waals surface area contributed by atoms with Crippen molar-refractivity contribution in [2.45, 2.75) is 4.90 Å². The summed E-state index contributed by atoms with van der Waals surface area (Å²) in [6.45, 7) is 0.581. The fourth-order valence-corrected chi connectivity index (χ4v) is 4.33. The topological polar surface area (TPSA) is 124 Å². The number of hydrogen-bond donors (Lipinski definition) is 2. The Balaban J connectivity index is 1.44. The summed E-state index contributed by atoms with van der Waals surface area (Å²) in [7, 11) is -3.64. The Labute approximate surface area is 212 Å². The van der Waals surface area contributed by atoms with Crippen LogP contribution in [-0.2, 0) is 14.8 Å². The van der Waals surface area contributed by atoms with E-state index in [1.165, 1.54) is 54.9 Å². The van der Waals surface area contributed by atoms with Gasteiger partial charge in [0.25, 0.3) is 5.91 Å². The molecule has 3 aromatic rings. The van der Waals surface area contributed by atoms with E-state index in [0.29, 0.717) is 22.7 Å². The van der Waals surface area contributed by atoms with Gasteiger partial charge in [-0.05, 0) is 48.5 Å². The van der Waals surface area contributed by atoms with Crippen LogP contribution < -0.4 is 14.8 Å². The number of hydrogen-bond acceptors (Lipinski definition) is 7. The third-order valence-corrected chi connectivity index (χ3v) is 6.55. The van der Waals surface area contributed by atoms with Gasteiger partial charge in [-0.3, -0.25) is 14.6 Å². The van der Waals surface area contributed by atoms with Gasteiger partial charge >= 0.3 is 0 Å². The first-order valence-electron chi connectivity index (χ1n) is 10.3. The lowest BCUT2D eigenvalue weighted by atomic mass is 10.1. The SMILES string of the molecule is O=Cc1cc(OCCOCCNS(=O)(=O)c2cccnc2)ccc1NC(=O)c1ccc(Cl)cc1Cl. The van der Waals surface area contributed by atoms with Crippen LogP contribution in [0.2, 0.25) is 10.0 Å². The number of ether oxygens (including phenoxy) is 2. The van der Waals surface area contributed by atoms with E-state index in [2.05, 4.69) is 15.0 Å². The van der Waals surface area contributed by atoms with Crippen molar-refractivity contribution in [2.75, 3.05) is 31.7 Å². The summed E-state index contributed by atoms with van der Waals surface area (Å²) in [6, 6.07) is 12.1. The number of nitrogens with zero attached hydrogens (tertiary/aromatic N) is 1. The van der Waals surface area contributed by atoms with Crippen molar-refractivity contribution < 1.29 is 27.5 Å². The van der Waals surface area contributed by atoms with E-state index >= 15 is 0 Å². The maximum Gasteiger partial charge on any atom is 0.257 e. The first-order chi connectivity index (χ1) is 16.8. The van der Waals surface area contributed by atoms with Crippen molar-refractivity contribution in [1.82, 2.24) is 9.71 Å².